The average Bonchev–Trinajstić information content (AvgIpc) is 3.79. The molecule has 5 fully saturated rings. The van der Waals surface area contributed by atoms with Gasteiger partial charge in [0, 0.05) is 0 Å². The van der Waals surface area contributed by atoms with E-state index in [1.807, 2.05) is 41.5 Å². The summed E-state index contributed by atoms with van der Waals surface area (Å²) in [4.78, 5) is 0. The molecule has 5 aliphatic rings. The smallest absolute Gasteiger partial charge is 0.0558 e. The van der Waals surface area contributed by atoms with Gasteiger partial charge in [-0.2, -0.15) is 0 Å². The van der Waals surface area contributed by atoms with Crippen LogP contribution in [-0.2, 0) is 0 Å². The highest BCUT2D eigenvalue weighted by atomic mass is 28.3. The zero-order valence-corrected chi connectivity index (χ0v) is 50.0. The maximum Gasteiger partial charge on any atom is 0.0558 e. The molecule has 0 aromatic carbocycles. The molecule has 5 heteroatoms. The maximum absolute atomic E-state index is 2.59. The van der Waals surface area contributed by atoms with Gasteiger partial charge in [-0.05, 0) is 33.6 Å². The summed E-state index contributed by atoms with van der Waals surface area (Å²) in [5.41, 5.74) is 6.57. The monoisotopic (exact) mass is 873 g/mol. The van der Waals surface area contributed by atoms with E-state index in [1.54, 1.807) is 30.2 Å². The fraction of sp³-hybridized carbons (Fsp3) is 1.00. The highest BCUT2D eigenvalue weighted by molar-refractivity contribution is 6.82. The van der Waals surface area contributed by atoms with Gasteiger partial charge < -0.3 is 0 Å². The van der Waals surface area contributed by atoms with Gasteiger partial charge in [-0.1, -0.05) is 295 Å². The largest absolute Gasteiger partial charge is 0.0692 e. The molecule has 0 spiro atoms. The van der Waals surface area contributed by atoms with Crippen molar-refractivity contribution in [3.8, 4) is 0 Å². The van der Waals surface area contributed by atoms with Gasteiger partial charge in [0.05, 0.1) is 40.4 Å². The Hall–Kier alpha value is 1.08. The second kappa shape index (κ2) is 33.7. The van der Waals surface area contributed by atoms with E-state index in [4.69, 9.17) is 0 Å². The third-order valence-corrected chi connectivity index (χ3v) is 40.7. The van der Waals surface area contributed by atoms with Crippen molar-refractivity contribution >= 4 is 40.4 Å². The molecule has 5 aliphatic heterocycles. The van der Waals surface area contributed by atoms with Gasteiger partial charge in [-0.15, -0.1) is 0 Å². The highest BCUT2D eigenvalue weighted by Crippen LogP contribution is 2.46. The number of rotatable bonds is 3. The van der Waals surface area contributed by atoms with Gasteiger partial charge in [-0.3, -0.25) is 0 Å². The van der Waals surface area contributed by atoms with Gasteiger partial charge in [0.15, 0.2) is 0 Å². The van der Waals surface area contributed by atoms with Gasteiger partial charge in [0.2, 0.25) is 0 Å². The normalized spacial score (nSPS) is 29.9. The van der Waals surface area contributed by atoms with Crippen molar-refractivity contribution in [1.29, 1.82) is 0 Å². The van der Waals surface area contributed by atoms with E-state index in [2.05, 4.69) is 128 Å². The van der Waals surface area contributed by atoms with E-state index in [-0.39, 0.29) is 0 Å². The van der Waals surface area contributed by atoms with E-state index in [1.165, 1.54) is 89.9 Å². The Kier molecular flexibility index (Phi) is 38.3. The Bertz CT molecular complexity index is 858. The Morgan fingerprint density at radius 1 is 0.375 bits per heavy atom. The van der Waals surface area contributed by atoms with Crippen molar-refractivity contribution in [1.82, 2.24) is 0 Å². The minimum atomic E-state index is -0.767. The summed E-state index contributed by atoms with van der Waals surface area (Å²) in [7, 11) is -3.49. The summed E-state index contributed by atoms with van der Waals surface area (Å²) >= 11 is 0. The molecule has 6 atom stereocenters. The summed E-state index contributed by atoms with van der Waals surface area (Å²) in [5.74, 6) is 0.833. The molecular weight excluding hydrogens is 753 g/mol. The molecule has 0 aromatic rings. The predicted octanol–water partition coefficient (Wildman–Crippen LogP) is 21.5. The molecule has 0 aliphatic carbocycles. The van der Waals surface area contributed by atoms with Gasteiger partial charge in [0.1, 0.15) is 0 Å². The van der Waals surface area contributed by atoms with E-state index in [9.17, 15) is 0 Å². The van der Waals surface area contributed by atoms with E-state index in [0.29, 0.717) is 0 Å². The quantitative estimate of drug-likeness (QED) is 0.248. The van der Waals surface area contributed by atoms with Crippen molar-refractivity contribution in [2.75, 3.05) is 0 Å². The number of hydrogen-bond acceptors (Lipinski definition) is 0. The summed E-state index contributed by atoms with van der Waals surface area (Å²) in [6, 6.07) is 7.92. The van der Waals surface area contributed by atoms with Crippen molar-refractivity contribution in [3.63, 3.8) is 0 Å². The van der Waals surface area contributed by atoms with Crippen molar-refractivity contribution in [2.24, 2.45) is 5.92 Å². The van der Waals surface area contributed by atoms with E-state index < -0.39 is 40.4 Å². The van der Waals surface area contributed by atoms with Gasteiger partial charge in [-0.25, -0.2) is 0 Å². The fourth-order valence-electron chi connectivity index (χ4n) is 9.87. The molecule has 0 N–H and O–H groups in total. The third-order valence-electron chi connectivity index (χ3n) is 15.8. The first-order valence-corrected chi connectivity index (χ1v) is 41.9. The van der Waals surface area contributed by atoms with Crippen molar-refractivity contribution in [3.05, 3.63) is 0 Å². The summed E-state index contributed by atoms with van der Waals surface area (Å²) in [5, 5.41) is 0. The van der Waals surface area contributed by atoms with Crippen LogP contribution in [0.1, 0.15) is 201 Å². The maximum atomic E-state index is 2.59. The van der Waals surface area contributed by atoms with Crippen molar-refractivity contribution < 1.29 is 0 Å². The van der Waals surface area contributed by atoms with Crippen LogP contribution in [0, 0.1) is 5.92 Å². The Balaban J connectivity index is -0.000000285. The molecule has 0 bridgehead atoms. The molecule has 0 nitrogen and oxygen atoms in total. The third kappa shape index (κ3) is 26.4. The molecule has 56 heavy (non-hydrogen) atoms. The first-order chi connectivity index (χ1) is 25.9. The molecule has 0 saturated carbocycles. The van der Waals surface area contributed by atoms with Crippen LogP contribution in [-0.4, -0.2) is 40.4 Å². The summed E-state index contributed by atoms with van der Waals surface area (Å²) < 4.78 is 0. The second-order valence-corrected chi connectivity index (χ2v) is 49.6. The minimum Gasteiger partial charge on any atom is -0.0692 e. The molecule has 0 radical (unpaired) electrons. The van der Waals surface area contributed by atoms with Crippen LogP contribution in [0.3, 0.4) is 0 Å². The first-order valence-electron chi connectivity index (χ1n) is 25.9. The van der Waals surface area contributed by atoms with Gasteiger partial charge >= 0.3 is 0 Å². The average molecular weight is 874 g/mol. The molecular formula is C51H120Si5. The molecule has 0 aromatic heterocycles. The highest BCUT2D eigenvalue weighted by Gasteiger charge is 2.40. The van der Waals surface area contributed by atoms with E-state index in [0.717, 1.165) is 39.2 Å². The zero-order chi connectivity index (χ0) is 45.0. The lowest BCUT2D eigenvalue weighted by molar-refractivity contribution is 0.594. The minimum absolute atomic E-state index is 0.644. The van der Waals surface area contributed by atoms with Crippen molar-refractivity contribution in [2.45, 2.75) is 323 Å². The Morgan fingerprint density at radius 2 is 0.643 bits per heavy atom. The van der Waals surface area contributed by atoms with Crippen LogP contribution in [0.5, 0.6) is 0 Å². The van der Waals surface area contributed by atoms with Gasteiger partial charge in [0.25, 0.3) is 0 Å². The second-order valence-electron chi connectivity index (χ2n) is 22.4. The lowest BCUT2D eigenvalue weighted by Crippen LogP contribution is -2.34. The van der Waals surface area contributed by atoms with Crippen LogP contribution in [0.2, 0.25) is 122 Å². The lowest BCUT2D eigenvalue weighted by Gasteiger charge is -2.36. The number of hydrogen-bond donors (Lipinski definition) is 0. The SMILES string of the molecule is CC.CC.CC.CC(C)C.CC(C)[Si]1(C)CCC[C@H]1C.CCC1CCCC[Si]1(C)C.CCC1CCC[Si]1(C)C.C[C@@H]1CCCC[Si]1(C)C.C[C@@H]1CCC[Si]1(C)C. The first kappa shape index (κ1) is 63.7. The molecule has 5 rings (SSSR count). The standard InChI is InChI=1S/2C9H20Si.2C8H18Si.C7H16Si.C4H10.3C2H6/c1-8(2)10(4)7-5-6-9(10)3;1-4-9-7-5-6-8-10(9,2)3;1-8-6-4-5-7-9(8,2)3;1-4-8-6-5-7-9(8,2)3;1-7-5-4-6-8(7,2)3;1-4(2)3;3*1-2/h8-9H,5-7H2,1-4H3;9H,4-8H2,1-3H3;2*8H,4-7H2,1-3H3;7H,4-6H2,1-3H3;4H,1-3H3;3*1-2H3/t9-,10?;;8-;;7-;;;;/m1.1.1..../s1. The Morgan fingerprint density at radius 3 is 0.839 bits per heavy atom. The lowest BCUT2D eigenvalue weighted by atomic mass is 10.1. The summed E-state index contributed by atoms with van der Waals surface area (Å²) in [6.07, 6.45) is 21.1. The Labute approximate surface area is 367 Å². The van der Waals surface area contributed by atoms with E-state index >= 15 is 0 Å². The van der Waals surface area contributed by atoms with Crippen LogP contribution in [0.15, 0.2) is 0 Å². The topological polar surface area (TPSA) is 0 Å². The van der Waals surface area contributed by atoms with Crippen LogP contribution >= 0.6 is 0 Å². The van der Waals surface area contributed by atoms with Crippen LogP contribution in [0.25, 0.3) is 0 Å². The van der Waals surface area contributed by atoms with Crippen LogP contribution < -0.4 is 0 Å². The predicted molar refractivity (Wildman–Crippen MR) is 287 cm³/mol. The molecule has 5 saturated heterocycles. The summed E-state index contributed by atoms with van der Waals surface area (Å²) in [6.45, 7) is 58.4. The fourth-order valence-corrected chi connectivity index (χ4v) is 26.4. The zero-order valence-electron chi connectivity index (χ0n) is 45.0. The molecule has 344 valence electrons. The molecule has 3 unspecified atom stereocenters. The molecule has 5 heterocycles. The molecule has 0 amide bonds. The van der Waals surface area contributed by atoms with Crippen LogP contribution in [0.4, 0.5) is 0 Å².